The molecule has 21 heavy (non-hydrogen) atoms. The first-order valence-corrected chi connectivity index (χ1v) is 7.49. The largest absolute Gasteiger partial charge is 0.342 e. The summed E-state index contributed by atoms with van der Waals surface area (Å²) in [7, 11) is 0. The third-order valence-corrected chi connectivity index (χ3v) is 4.09. The van der Waals surface area contributed by atoms with Crippen molar-refractivity contribution in [2.45, 2.75) is 31.6 Å². The molecule has 0 bridgehead atoms. The highest BCUT2D eigenvalue weighted by Gasteiger charge is 2.25. The third kappa shape index (κ3) is 3.48. The summed E-state index contributed by atoms with van der Waals surface area (Å²) in [4.78, 5) is 18.4. The molecular weight excluding hydrogens is 264 g/mol. The van der Waals surface area contributed by atoms with Gasteiger partial charge in [-0.05, 0) is 37.0 Å². The van der Waals surface area contributed by atoms with Crippen molar-refractivity contribution < 1.29 is 4.79 Å². The summed E-state index contributed by atoms with van der Waals surface area (Å²) < 4.78 is 0. The molecule has 3 heterocycles. The molecule has 1 aliphatic rings. The van der Waals surface area contributed by atoms with Crippen LogP contribution in [0, 0.1) is 0 Å². The van der Waals surface area contributed by atoms with Crippen LogP contribution in [-0.2, 0) is 11.2 Å². The normalized spacial score (nSPS) is 18.7. The number of hydrogen-bond acceptors (Lipinski definition) is 3. The zero-order valence-electron chi connectivity index (χ0n) is 12.0. The second-order valence-electron chi connectivity index (χ2n) is 5.55. The molecule has 0 saturated carbocycles. The Hall–Kier alpha value is -2.17. The van der Waals surface area contributed by atoms with Gasteiger partial charge in [0.2, 0.25) is 5.91 Å². The van der Waals surface area contributed by atoms with E-state index in [9.17, 15) is 4.79 Å². The van der Waals surface area contributed by atoms with Gasteiger partial charge in [-0.1, -0.05) is 6.07 Å². The van der Waals surface area contributed by atoms with E-state index >= 15 is 0 Å². The van der Waals surface area contributed by atoms with E-state index in [1.165, 1.54) is 0 Å². The van der Waals surface area contributed by atoms with Gasteiger partial charge in [-0.2, -0.15) is 5.10 Å². The summed E-state index contributed by atoms with van der Waals surface area (Å²) in [5.41, 5.74) is 2.26. The predicted octanol–water partition coefficient (Wildman–Crippen LogP) is 2.14. The minimum Gasteiger partial charge on any atom is -0.342 e. The van der Waals surface area contributed by atoms with Crippen molar-refractivity contribution in [3.63, 3.8) is 0 Å². The van der Waals surface area contributed by atoms with E-state index < -0.39 is 0 Å². The van der Waals surface area contributed by atoms with Crippen LogP contribution < -0.4 is 0 Å². The van der Waals surface area contributed by atoms with Crippen LogP contribution in [-0.4, -0.2) is 39.1 Å². The monoisotopic (exact) mass is 284 g/mol. The van der Waals surface area contributed by atoms with Gasteiger partial charge in [-0.25, -0.2) is 0 Å². The highest BCUT2D eigenvalue weighted by molar-refractivity contribution is 5.76. The van der Waals surface area contributed by atoms with Gasteiger partial charge >= 0.3 is 0 Å². The molecule has 0 spiro atoms. The summed E-state index contributed by atoms with van der Waals surface area (Å²) in [5, 5.41) is 7.04. The quantitative estimate of drug-likeness (QED) is 0.935. The Bertz CT molecular complexity index is 567. The molecule has 1 aliphatic heterocycles. The van der Waals surface area contributed by atoms with Gasteiger partial charge in [0.05, 0.1) is 0 Å². The van der Waals surface area contributed by atoms with Crippen LogP contribution in [0.2, 0.25) is 0 Å². The van der Waals surface area contributed by atoms with E-state index in [-0.39, 0.29) is 5.91 Å². The van der Waals surface area contributed by atoms with Crippen molar-refractivity contribution in [3.8, 4) is 0 Å². The zero-order valence-corrected chi connectivity index (χ0v) is 12.0. The zero-order chi connectivity index (χ0) is 14.5. The molecule has 0 unspecified atom stereocenters. The number of hydrogen-bond donors (Lipinski definition) is 1. The number of carbonyl (C=O) groups excluding carboxylic acids is 1. The number of H-pyrrole nitrogens is 1. The van der Waals surface area contributed by atoms with Crippen molar-refractivity contribution >= 4 is 5.91 Å². The number of aryl methyl sites for hydroxylation is 1. The van der Waals surface area contributed by atoms with Crippen LogP contribution in [0.5, 0.6) is 0 Å². The lowest BCUT2D eigenvalue weighted by molar-refractivity contribution is -0.132. The first-order chi connectivity index (χ1) is 10.3. The average molecular weight is 284 g/mol. The smallest absolute Gasteiger partial charge is 0.222 e. The standard InChI is InChI=1S/C16H20N4O/c21-16(6-5-13-3-1-8-17-11-13)20-10-2-4-14(12-20)15-7-9-18-19-15/h1,3,7-9,11,14H,2,4-6,10,12H2,(H,18,19)/t14-/m0/s1. The number of aromatic amines is 1. The summed E-state index contributed by atoms with van der Waals surface area (Å²) in [6.45, 7) is 1.67. The van der Waals surface area contributed by atoms with Crippen LogP contribution in [0.25, 0.3) is 0 Å². The van der Waals surface area contributed by atoms with E-state index in [0.717, 1.165) is 43.6 Å². The van der Waals surface area contributed by atoms with Crippen molar-refractivity contribution in [2.24, 2.45) is 0 Å². The third-order valence-electron chi connectivity index (χ3n) is 4.09. The van der Waals surface area contributed by atoms with Gasteiger partial charge < -0.3 is 4.90 Å². The molecule has 0 radical (unpaired) electrons. The first kappa shape index (κ1) is 13.8. The number of likely N-dealkylation sites (tertiary alicyclic amines) is 1. The van der Waals surface area contributed by atoms with Crippen LogP contribution in [0.15, 0.2) is 36.8 Å². The lowest BCUT2D eigenvalue weighted by Crippen LogP contribution is -2.39. The van der Waals surface area contributed by atoms with Gasteiger partial charge in [-0.3, -0.25) is 14.9 Å². The van der Waals surface area contributed by atoms with Gasteiger partial charge in [0, 0.05) is 49.7 Å². The number of nitrogens with one attached hydrogen (secondary N) is 1. The molecule has 1 N–H and O–H groups in total. The summed E-state index contributed by atoms with van der Waals surface area (Å²) in [6, 6.07) is 5.94. The number of nitrogens with zero attached hydrogens (tertiary/aromatic N) is 3. The van der Waals surface area contributed by atoms with E-state index in [1.807, 2.05) is 29.3 Å². The van der Waals surface area contributed by atoms with E-state index in [0.29, 0.717) is 12.3 Å². The predicted molar refractivity (Wildman–Crippen MR) is 79.7 cm³/mol. The summed E-state index contributed by atoms with van der Waals surface area (Å²) >= 11 is 0. The highest BCUT2D eigenvalue weighted by Crippen LogP contribution is 2.25. The lowest BCUT2D eigenvalue weighted by atomic mass is 9.94. The molecule has 1 atom stereocenters. The van der Waals surface area contributed by atoms with Gasteiger partial charge in [0.25, 0.3) is 0 Å². The van der Waals surface area contributed by atoms with Crippen molar-refractivity contribution in [1.29, 1.82) is 0 Å². The van der Waals surface area contributed by atoms with Crippen molar-refractivity contribution in [1.82, 2.24) is 20.1 Å². The fourth-order valence-electron chi connectivity index (χ4n) is 2.91. The van der Waals surface area contributed by atoms with E-state index in [1.54, 1.807) is 12.4 Å². The number of carbonyl (C=O) groups is 1. The van der Waals surface area contributed by atoms with E-state index in [4.69, 9.17) is 0 Å². The van der Waals surface area contributed by atoms with E-state index in [2.05, 4.69) is 15.2 Å². The number of amides is 1. The summed E-state index contributed by atoms with van der Waals surface area (Å²) in [6.07, 6.45) is 8.86. The molecule has 5 heteroatoms. The molecule has 0 aromatic carbocycles. The highest BCUT2D eigenvalue weighted by atomic mass is 16.2. The molecule has 5 nitrogen and oxygen atoms in total. The Labute approximate surface area is 124 Å². The van der Waals surface area contributed by atoms with Crippen molar-refractivity contribution in [3.05, 3.63) is 48.0 Å². The fraction of sp³-hybridized carbons (Fsp3) is 0.438. The van der Waals surface area contributed by atoms with Crippen molar-refractivity contribution in [2.75, 3.05) is 13.1 Å². The Balaban J connectivity index is 1.55. The molecule has 1 saturated heterocycles. The Morgan fingerprint density at radius 1 is 1.38 bits per heavy atom. The molecule has 2 aromatic heterocycles. The topological polar surface area (TPSA) is 61.9 Å². The number of pyridine rings is 1. The number of aromatic nitrogens is 3. The molecule has 1 amide bonds. The van der Waals surface area contributed by atoms with Crippen LogP contribution in [0.3, 0.4) is 0 Å². The molecule has 110 valence electrons. The molecule has 3 rings (SSSR count). The maximum absolute atomic E-state index is 12.4. The fourth-order valence-corrected chi connectivity index (χ4v) is 2.91. The molecule has 0 aliphatic carbocycles. The second-order valence-corrected chi connectivity index (χ2v) is 5.55. The molecular formula is C16H20N4O. The minimum atomic E-state index is 0.239. The van der Waals surface area contributed by atoms with Gasteiger partial charge in [0.15, 0.2) is 0 Å². The SMILES string of the molecule is O=C(CCc1cccnc1)N1CCC[C@H](c2ccn[nH]2)C1. The maximum Gasteiger partial charge on any atom is 0.222 e. The van der Waals surface area contributed by atoms with Gasteiger partial charge in [0.1, 0.15) is 0 Å². The molecule has 1 fully saturated rings. The first-order valence-electron chi connectivity index (χ1n) is 7.49. The minimum absolute atomic E-state index is 0.239. The van der Waals surface area contributed by atoms with Gasteiger partial charge in [-0.15, -0.1) is 0 Å². The second kappa shape index (κ2) is 6.52. The van der Waals surface area contributed by atoms with Crippen LogP contribution >= 0.6 is 0 Å². The average Bonchev–Trinajstić information content (AvgIpc) is 3.08. The number of rotatable bonds is 4. The lowest BCUT2D eigenvalue weighted by Gasteiger charge is -2.32. The Morgan fingerprint density at radius 2 is 2.33 bits per heavy atom. The maximum atomic E-state index is 12.4. The molecule has 2 aromatic rings. The Kier molecular flexibility index (Phi) is 4.28. The summed E-state index contributed by atoms with van der Waals surface area (Å²) in [5.74, 6) is 0.631. The number of piperidine rings is 1. The van der Waals surface area contributed by atoms with Crippen LogP contribution in [0.4, 0.5) is 0 Å². The Morgan fingerprint density at radius 3 is 3.10 bits per heavy atom. The van der Waals surface area contributed by atoms with Crippen LogP contribution in [0.1, 0.15) is 36.4 Å².